The van der Waals surface area contributed by atoms with Gasteiger partial charge in [-0.05, 0) is 17.7 Å². The fraction of sp³-hybridized carbons (Fsp3) is 0. The highest BCUT2D eigenvalue weighted by Gasteiger charge is 2.05. The number of amidine groups is 1. The van der Waals surface area contributed by atoms with E-state index in [2.05, 4.69) is 15.2 Å². The van der Waals surface area contributed by atoms with E-state index < -0.39 is 0 Å². The van der Waals surface area contributed by atoms with Crippen LogP contribution < -0.4 is 5.73 Å². The second kappa shape index (κ2) is 5.46. The summed E-state index contributed by atoms with van der Waals surface area (Å²) < 4.78 is 1.73. The number of pyridine rings is 1. The van der Waals surface area contributed by atoms with E-state index in [4.69, 9.17) is 10.9 Å². The van der Waals surface area contributed by atoms with Crippen LogP contribution in [0, 0.1) is 0 Å². The fourth-order valence-electron chi connectivity index (χ4n) is 1.97. The van der Waals surface area contributed by atoms with Crippen molar-refractivity contribution in [2.45, 2.75) is 0 Å². The summed E-state index contributed by atoms with van der Waals surface area (Å²) in [6, 6.07) is 13.5. The van der Waals surface area contributed by atoms with Crippen LogP contribution in [0.25, 0.3) is 16.8 Å². The number of rotatable bonds is 3. The van der Waals surface area contributed by atoms with Crippen LogP contribution in [0.3, 0.4) is 0 Å². The van der Waals surface area contributed by atoms with Crippen molar-refractivity contribution in [3.05, 3.63) is 66.7 Å². The van der Waals surface area contributed by atoms with Crippen molar-refractivity contribution in [1.29, 1.82) is 0 Å². The second-order valence-electron chi connectivity index (χ2n) is 4.43. The lowest BCUT2D eigenvalue weighted by atomic mass is 10.1. The molecule has 6 nitrogen and oxygen atoms in total. The van der Waals surface area contributed by atoms with Gasteiger partial charge in [0.2, 0.25) is 0 Å². The molecule has 0 fully saturated rings. The summed E-state index contributed by atoms with van der Waals surface area (Å²) in [6.07, 6.45) is 5.34. The van der Waals surface area contributed by atoms with E-state index in [-0.39, 0.29) is 5.84 Å². The first kappa shape index (κ1) is 12.9. The smallest absolute Gasteiger partial charge is 0.188 e. The lowest BCUT2D eigenvalue weighted by Gasteiger charge is -2.02. The van der Waals surface area contributed by atoms with Gasteiger partial charge in [-0.2, -0.15) is 5.10 Å². The third kappa shape index (κ3) is 2.59. The molecular formula is C15H13N5O. The maximum atomic E-state index is 8.61. The normalized spacial score (nSPS) is 11.5. The predicted octanol–water partition coefficient (Wildman–Crippen LogP) is 2.03. The largest absolute Gasteiger partial charge is 0.409 e. The molecule has 0 saturated carbocycles. The Balaban J connectivity index is 1.90. The minimum Gasteiger partial charge on any atom is -0.409 e. The highest BCUT2D eigenvalue weighted by molar-refractivity contribution is 5.95. The van der Waals surface area contributed by atoms with E-state index in [0.717, 1.165) is 16.8 Å². The maximum absolute atomic E-state index is 8.61. The first-order chi connectivity index (χ1) is 10.3. The number of benzene rings is 1. The molecule has 0 aliphatic carbocycles. The molecular weight excluding hydrogens is 266 g/mol. The quantitative estimate of drug-likeness (QED) is 0.332. The molecule has 0 bridgehead atoms. The molecule has 6 heteroatoms. The highest BCUT2D eigenvalue weighted by Crippen LogP contribution is 2.19. The molecule has 0 atom stereocenters. The van der Waals surface area contributed by atoms with Gasteiger partial charge in [-0.15, -0.1) is 0 Å². The van der Waals surface area contributed by atoms with Crippen molar-refractivity contribution in [3.8, 4) is 16.8 Å². The van der Waals surface area contributed by atoms with Crippen LogP contribution in [0.1, 0.15) is 5.69 Å². The summed E-state index contributed by atoms with van der Waals surface area (Å²) in [5.41, 5.74) is 8.82. The van der Waals surface area contributed by atoms with E-state index in [0.29, 0.717) is 5.69 Å². The average Bonchev–Trinajstić information content (AvgIpc) is 3.05. The van der Waals surface area contributed by atoms with Gasteiger partial charge in [-0.1, -0.05) is 35.5 Å². The Labute approximate surface area is 121 Å². The third-order valence-electron chi connectivity index (χ3n) is 3.07. The van der Waals surface area contributed by atoms with Gasteiger partial charge in [0.25, 0.3) is 0 Å². The number of nitrogens with two attached hydrogens (primary N) is 1. The monoisotopic (exact) mass is 279 g/mol. The van der Waals surface area contributed by atoms with Gasteiger partial charge in [0.05, 0.1) is 18.1 Å². The number of hydrogen-bond donors (Lipinski definition) is 2. The van der Waals surface area contributed by atoms with Gasteiger partial charge in [0, 0.05) is 11.8 Å². The van der Waals surface area contributed by atoms with Gasteiger partial charge >= 0.3 is 0 Å². The van der Waals surface area contributed by atoms with Crippen molar-refractivity contribution in [2.24, 2.45) is 10.9 Å². The summed E-state index contributed by atoms with van der Waals surface area (Å²) in [5.74, 6) is -0.0213. The predicted molar refractivity (Wildman–Crippen MR) is 79.3 cm³/mol. The Morgan fingerprint density at radius 3 is 2.52 bits per heavy atom. The zero-order chi connectivity index (χ0) is 14.7. The van der Waals surface area contributed by atoms with Crippen molar-refractivity contribution in [2.75, 3.05) is 0 Å². The molecule has 2 aromatic heterocycles. The molecule has 0 radical (unpaired) electrons. The molecule has 0 saturated heterocycles. The maximum Gasteiger partial charge on any atom is 0.188 e. The van der Waals surface area contributed by atoms with Gasteiger partial charge in [0.15, 0.2) is 5.84 Å². The molecule has 1 aromatic carbocycles. The van der Waals surface area contributed by atoms with Crippen LogP contribution in [0.2, 0.25) is 0 Å². The molecule has 0 aliphatic heterocycles. The van der Waals surface area contributed by atoms with E-state index in [9.17, 15) is 0 Å². The molecule has 0 aliphatic rings. The molecule has 0 unspecified atom stereocenters. The highest BCUT2D eigenvalue weighted by atomic mass is 16.4. The molecule has 3 rings (SSSR count). The Bertz CT molecular complexity index is 762. The molecule has 3 N–H and O–H groups in total. The number of aromatic nitrogens is 3. The minimum absolute atomic E-state index is 0.0213. The van der Waals surface area contributed by atoms with E-state index in [1.807, 2.05) is 42.6 Å². The van der Waals surface area contributed by atoms with Crippen molar-refractivity contribution >= 4 is 5.84 Å². The lowest BCUT2D eigenvalue weighted by Crippen LogP contribution is -2.14. The number of nitrogens with zero attached hydrogens (tertiary/aromatic N) is 4. The summed E-state index contributed by atoms with van der Waals surface area (Å²) in [5, 5.41) is 15.8. The molecule has 21 heavy (non-hydrogen) atoms. The van der Waals surface area contributed by atoms with Crippen LogP contribution >= 0.6 is 0 Å². The Morgan fingerprint density at radius 1 is 1.05 bits per heavy atom. The van der Waals surface area contributed by atoms with Crippen molar-refractivity contribution in [1.82, 2.24) is 14.8 Å². The minimum atomic E-state index is -0.0213. The summed E-state index contributed by atoms with van der Waals surface area (Å²) in [6.45, 7) is 0. The molecule has 0 amide bonds. The topological polar surface area (TPSA) is 89.3 Å². The van der Waals surface area contributed by atoms with E-state index >= 15 is 0 Å². The van der Waals surface area contributed by atoms with Crippen molar-refractivity contribution in [3.63, 3.8) is 0 Å². The van der Waals surface area contributed by atoms with Gasteiger partial charge in [-0.3, -0.25) is 4.98 Å². The van der Waals surface area contributed by atoms with Crippen LogP contribution in [0.5, 0.6) is 0 Å². The van der Waals surface area contributed by atoms with E-state index in [1.54, 1.807) is 23.1 Å². The Kier molecular flexibility index (Phi) is 3.34. The summed E-state index contributed by atoms with van der Waals surface area (Å²) in [4.78, 5) is 4.13. The zero-order valence-electron chi connectivity index (χ0n) is 11.1. The zero-order valence-corrected chi connectivity index (χ0v) is 11.1. The first-order valence-corrected chi connectivity index (χ1v) is 6.32. The second-order valence-corrected chi connectivity index (χ2v) is 4.43. The van der Waals surface area contributed by atoms with Crippen molar-refractivity contribution < 1.29 is 5.21 Å². The Hall–Kier alpha value is -3.15. The standard InChI is InChI=1S/C15H13N5O/c16-15(19-21)14-7-6-13(9-17-14)20-10-12(8-18-20)11-4-2-1-3-5-11/h1-10,21H,(H2,16,19). The first-order valence-electron chi connectivity index (χ1n) is 6.32. The van der Waals surface area contributed by atoms with Crippen LogP contribution in [-0.4, -0.2) is 25.8 Å². The Morgan fingerprint density at radius 2 is 1.86 bits per heavy atom. The SMILES string of the molecule is N/C(=N/O)c1ccc(-n2cc(-c3ccccc3)cn2)cn1. The van der Waals surface area contributed by atoms with Gasteiger partial charge in [-0.25, -0.2) is 4.68 Å². The van der Waals surface area contributed by atoms with Crippen LogP contribution in [0.15, 0.2) is 66.2 Å². The lowest BCUT2D eigenvalue weighted by molar-refractivity contribution is 0.318. The molecule has 104 valence electrons. The fourth-order valence-corrected chi connectivity index (χ4v) is 1.97. The summed E-state index contributed by atoms with van der Waals surface area (Å²) >= 11 is 0. The third-order valence-corrected chi connectivity index (χ3v) is 3.07. The van der Waals surface area contributed by atoms with Crippen LogP contribution in [-0.2, 0) is 0 Å². The van der Waals surface area contributed by atoms with E-state index in [1.165, 1.54) is 0 Å². The molecule has 2 heterocycles. The molecule has 0 spiro atoms. The van der Waals surface area contributed by atoms with Crippen LogP contribution in [0.4, 0.5) is 0 Å². The average molecular weight is 279 g/mol. The summed E-state index contributed by atoms with van der Waals surface area (Å²) in [7, 11) is 0. The number of oxime groups is 1. The molecule has 3 aromatic rings. The van der Waals surface area contributed by atoms with Gasteiger partial charge < -0.3 is 10.9 Å². The van der Waals surface area contributed by atoms with Gasteiger partial charge in [0.1, 0.15) is 5.69 Å². The number of hydrogen-bond acceptors (Lipinski definition) is 4.